The van der Waals surface area contributed by atoms with Crippen LogP contribution in [0.1, 0.15) is 65.1 Å². The second-order valence-corrected chi connectivity index (χ2v) is 9.81. The molecule has 38 heavy (non-hydrogen) atoms. The number of nitrogens with zero attached hydrogens (tertiary/aromatic N) is 5. The molecule has 0 saturated heterocycles. The number of hydrogen-bond donors (Lipinski definition) is 1. The number of nitrogen functional groups attached to an aromatic ring is 1. The van der Waals surface area contributed by atoms with Crippen molar-refractivity contribution < 1.29 is 9.53 Å². The van der Waals surface area contributed by atoms with E-state index in [4.69, 9.17) is 10.5 Å². The third-order valence-electron chi connectivity index (χ3n) is 7.34. The second-order valence-electron chi connectivity index (χ2n) is 9.81. The maximum atomic E-state index is 14.0. The van der Waals surface area contributed by atoms with E-state index in [1.165, 1.54) is 6.20 Å². The molecule has 0 spiro atoms. The number of rotatable bonds is 9. The van der Waals surface area contributed by atoms with Gasteiger partial charge in [-0.15, -0.1) is 0 Å². The van der Waals surface area contributed by atoms with E-state index in [0.717, 1.165) is 52.9 Å². The minimum Gasteiger partial charge on any atom is -0.492 e. The van der Waals surface area contributed by atoms with Crippen LogP contribution in [0, 0.1) is 18.3 Å². The Kier molecular flexibility index (Phi) is 8.28. The molecule has 0 bridgehead atoms. The highest BCUT2D eigenvalue weighted by molar-refractivity contribution is 5.99. The molecule has 3 aromatic rings. The third kappa shape index (κ3) is 5.48. The number of benzene rings is 1. The molecule has 1 aromatic carbocycles. The summed E-state index contributed by atoms with van der Waals surface area (Å²) >= 11 is 0. The number of ether oxygens (including phenoxy) is 1. The van der Waals surface area contributed by atoms with Crippen molar-refractivity contribution in [1.29, 1.82) is 5.26 Å². The molecule has 1 amide bonds. The Bertz CT molecular complexity index is 1380. The van der Waals surface area contributed by atoms with E-state index in [1.54, 1.807) is 12.3 Å². The van der Waals surface area contributed by atoms with Gasteiger partial charge in [0.25, 0.3) is 5.91 Å². The minimum atomic E-state index is -0.278. The molecule has 2 aromatic heterocycles. The molecular formula is C30H36N6O2. The maximum Gasteiger partial charge on any atom is 0.254 e. The van der Waals surface area contributed by atoms with Crippen LogP contribution in [0.5, 0.6) is 5.75 Å². The summed E-state index contributed by atoms with van der Waals surface area (Å²) in [6.45, 7) is 10.9. The quantitative estimate of drug-likeness (QED) is 0.448. The standard InChI is InChI=1S/C30H36N6O2/c1-6-35(5)10-8-21-12-25(24-14-29(32)34-17-19(24)3)23-9-11-36(30(37)26(23)13-21)20(4)27-15-28(38-7-2)22(16-31)18-33-27/h12-15,17-18,20H,6-11H2,1-5H3,(H2,32,34)/t20-/m0/s1. The number of carbonyl (C=O) groups excluding carboxylic acids is 1. The van der Waals surface area contributed by atoms with Crippen LogP contribution in [-0.2, 0) is 12.8 Å². The lowest BCUT2D eigenvalue weighted by molar-refractivity contribution is 0.0669. The van der Waals surface area contributed by atoms with Gasteiger partial charge in [-0.2, -0.15) is 5.26 Å². The number of anilines is 1. The van der Waals surface area contributed by atoms with Crippen LogP contribution in [0.25, 0.3) is 11.1 Å². The third-order valence-corrected chi connectivity index (χ3v) is 7.34. The number of carbonyl (C=O) groups is 1. The lowest BCUT2D eigenvalue weighted by Crippen LogP contribution is -2.40. The molecule has 8 nitrogen and oxygen atoms in total. The summed E-state index contributed by atoms with van der Waals surface area (Å²) < 4.78 is 5.66. The molecule has 1 aliphatic heterocycles. The second kappa shape index (κ2) is 11.6. The summed E-state index contributed by atoms with van der Waals surface area (Å²) in [5.41, 5.74) is 13.1. The van der Waals surface area contributed by atoms with Gasteiger partial charge in [-0.25, -0.2) is 4.98 Å². The first-order valence-corrected chi connectivity index (χ1v) is 13.2. The van der Waals surface area contributed by atoms with Crippen molar-refractivity contribution >= 4 is 11.7 Å². The molecule has 0 saturated carbocycles. The molecule has 4 rings (SSSR count). The zero-order chi connectivity index (χ0) is 27.4. The summed E-state index contributed by atoms with van der Waals surface area (Å²) in [6, 6.07) is 9.80. The molecule has 8 heteroatoms. The molecule has 1 atom stereocenters. The van der Waals surface area contributed by atoms with E-state index in [1.807, 2.05) is 31.7 Å². The Morgan fingerprint density at radius 3 is 2.63 bits per heavy atom. The van der Waals surface area contributed by atoms with Crippen molar-refractivity contribution in [3.63, 3.8) is 0 Å². The summed E-state index contributed by atoms with van der Waals surface area (Å²) in [5, 5.41) is 9.40. The zero-order valence-electron chi connectivity index (χ0n) is 22.9. The topological polar surface area (TPSA) is 108 Å². The lowest BCUT2D eigenvalue weighted by Gasteiger charge is -2.35. The molecule has 198 valence electrons. The Hall–Kier alpha value is -3.96. The largest absolute Gasteiger partial charge is 0.492 e. The monoisotopic (exact) mass is 512 g/mol. The number of amides is 1. The van der Waals surface area contributed by atoms with Crippen LogP contribution in [-0.4, -0.2) is 59.0 Å². The van der Waals surface area contributed by atoms with Gasteiger partial charge >= 0.3 is 0 Å². The van der Waals surface area contributed by atoms with E-state index in [0.29, 0.717) is 42.4 Å². The number of aryl methyl sites for hydroxylation is 1. The smallest absolute Gasteiger partial charge is 0.254 e. The maximum absolute atomic E-state index is 14.0. The van der Waals surface area contributed by atoms with Crippen molar-refractivity contribution in [2.45, 2.75) is 46.6 Å². The Morgan fingerprint density at radius 2 is 1.92 bits per heavy atom. The number of hydrogen-bond acceptors (Lipinski definition) is 7. The number of nitrogens with two attached hydrogens (primary N) is 1. The van der Waals surface area contributed by atoms with E-state index in [-0.39, 0.29) is 11.9 Å². The van der Waals surface area contributed by atoms with Crippen molar-refractivity contribution in [1.82, 2.24) is 19.8 Å². The normalized spacial score (nSPS) is 13.8. The van der Waals surface area contributed by atoms with Gasteiger partial charge in [-0.1, -0.05) is 13.0 Å². The fraction of sp³-hybridized carbons (Fsp3) is 0.400. The first-order valence-electron chi connectivity index (χ1n) is 13.2. The van der Waals surface area contributed by atoms with E-state index >= 15 is 0 Å². The van der Waals surface area contributed by atoms with Gasteiger partial charge in [0.2, 0.25) is 0 Å². The fourth-order valence-corrected chi connectivity index (χ4v) is 4.94. The average molecular weight is 513 g/mol. The molecule has 3 heterocycles. The van der Waals surface area contributed by atoms with Crippen molar-refractivity contribution in [3.05, 3.63) is 70.2 Å². The molecule has 1 aliphatic rings. The van der Waals surface area contributed by atoms with E-state index in [2.05, 4.69) is 47.0 Å². The van der Waals surface area contributed by atoms with Gasteiger partial charge in [0.15, 0.2) is 0 Å². The predicted molar refractivity (Wildman–Crippen MR) is 149 cm³/mol. The predicted octanol–water partition coefficient (Wildman–Crippen LogP) is 4.56. The van der Waals surface area contributed by atoms with Gasteiger partial charge in [-0.05, 0) is 87.2 Å². The lowest BCUT2D eigenvalue weighted by atomic mass is 9.86. The number of aromatic nitrogens is 2. The van der Waals surface area contributed by atoms with Gasteiger partial charge in [0.05, 0.1) is 18.3 Å². The number of nitriles is 1. The number of pyridine rings is 2. The van der Waals surface area contributed by atoms with Crippen LogP contribution < -0.4 is 10.5 Å². The number of fused-ring (bicyclic) bond motifs is 1. The summed E-state index contributed by atoms with van der Waals surface area (Å²) in [4.78, 5) is 26.9. The van der Waals surface area contributed by atoms with Gasteiger partial charge in [0.1, 0.15) is 23.2 Å². The summed E-state index contributed by atoms with van der Waals surface area (Å²) in [6.07, 6.45) is 4.87. The van der Waals surface area contributed by atoms with Crippen LogP contribution in [0.15, 0.2) is 36.7 Å². The Balaban J connectivity index is 1.75. The molecule has 2 N–H and O–H groups in total. The van der Waals surface area contributed by atoms with Crippen LogP contribution >= 0.6 is 0 Å². The highest BCUT2D eigenvalue weighted by Gasteiger charge is 2.32. The Morgan fingerprint density at radius 1 is 1.16 bits per heavy atom. The molecular weight excluding hydrogens is 476 g/mol. The fourth-order valence-electron chi connectivity index (χ4n) is 4.94. The van der Waals surface area contributed by atoms with Crippen LogP contribution in [0.2, 0.25) is 0 Å². The zero-order valence-corrected chi connectivity index (χ0v) is 22.9. The van der Waals surface area contributed by atoms with Crippen LogP contribution in [0.3, 0.4) is 0 Å². The van der Waals surface area contributed by atoms with Crippen LogP contribution in [0.4, 0.5) is 5.82 Å². The molecule has 0 unspecified atom stereocenters. The SMILES string of the molecule is CCOc1cc([C@H](C)N2CCc3c(cc(CCN(C)CC)cc3-c3cc(N)ncc3C)C2=O)ncc1C#N. The molecule has 0 fully saturated rings. The van der Waals surface area contributed by atoms with E-state index in [9.17, 15) is 10.1 Å². The van der Waals surface area contributed by atoms with Crippen molar-refractivity contribution in [2.24, 2.45) is 0 Å². The summed E-state index contributed by atoms with van der Waals surface area (Å²) in [5.74, 6) is 0.936. The van der Waals surface area contributed by atoms with Gasteiger partial charge in [0, 0.05) is 37.1 Å². The van der Waals surface area contributed by atoms with Crippen molar-refractivity contribution in [3.8, 4) is 22.9 Å². The molecule has 0 radical (unpaired) electrons. The van der Waals surface area contributed by atoms with E-state index < -0.39 is 0 Å². The average Bonchev–Trinajstić information content (AvgIpc) is 2.92. The summed E-state index contributed by atoms with van der Waals surface area (Å²) in [7, 11) is 2.10. The highest BCUT2D eigenvalue weighted by atomic mass is 16.5. The first kappa shape index (κ1) is 27.1. The number of likely N-dealkylation sites (N-methyl/N-ethyl adjacent to an activating group) is 1. The van der Waals surface area contributed by atoms with Gasteiger partial charge in [-0.3, -0.25) is 9.78 Å². The first-order chi connectivity index (χ1) is 18.3. The van der Waals surface area contributed by atoms with Crippen molar-refractivity contribution in [2.75, 3.05) is 39.0 Å². The minimum absolute atomic E-state index is 0.0190. The molecule has 0 aliphatic carbocycles. The van der Waals surface area contributed by atoms with Gasteiger partial charge < -0.3 is 20.3 Å². The highest BCUT2D eigenvalue weighted by Crippen LogP contribution is 2.36. The Labute approximate surface area is 225 Å².